The topological polar surface area (TPSA) is 43.4 Å². The summed E-state index contributed by atoms with van der Waals surface area (Å²) in [6.45, 7) is 7.88. The molecule has 3 aliphatic carbocycles. The van der Waals surface area contributed by atoms with E-state index in [9.17, 15) is 0 Å². The number of benzene rings is 15. The summed E-state index contributed by atoms with van der Waals surface area (Å²) >= 11 is 0. The maximum Gasteiger partial charge on any atom is 0.127 e. The van der Waals surface area contributed by atoms with Gasteiger partial charge in [0.2, 0.25) is 0 Å². The maximum atomic E-state index is 6.50. The Morgan fingerprint density at radius 3 is 1.10 bits per heavy atom. The number of nitrogens with zero attached hydrogens (tertiary/aromatic N) is 2. The van der Waals surface area contributed by atoms with Gasteiger partial charge in [-0.3, -0.25) is 0 Å². The summed E-state index contributed by atoms with van der Waals surface area (Å²) in [4.78, 5) is 4.78. The van der Waals surface area contributed by atoms with Crippen LogP contribution in [0.3, 0.4) is 0 Å². The molecule has 18 rings (SSSR count). The maximum absolute atomic E-state index is 6.50. The fourth-order valence-electron chi connectivity index (χ4n) is 16.5. The Morgan fingerprint density at radius 2 is 0.639 bits per heavy atom. The predicted octanol–water partition coefficient (Wildman–Crippen LogP) is 27.0. The van der Waals surface area contributed by atoms with Crippen LogP contribution in [-0.4, -0.2) is 0 Å². The number of fused-ring (bicyclic) bond motifs is 6. The van der Waals surface area contributed by atoms with Gasteiger partial charge in [-0.05, 0) is 242 Å². The minimum atomic E-state index is -0.749. The van der Waals surface area contributed by atoms with Gasteiger partial charge in [-0.15, -0.1) is 0 Å². The van der Waals surface area contributed by atoms with E-state index in [-0.39, 0.29) is 11.8 Å². The van der Waals surface area contributed by atoms with E-state index in [1.165, 1.54) is 38.9 Å². The van der Waals surface area contributed by atoms with Crippen molar-refractivity contribution >= 4 is 40.6 Å². The highest BCUT2D eigenvalue weighted by molar-refractivity contribution is 5.90. The molecule has 0 fully saturated rings. The van der Waals surface area contributed by atoms with E-state index in [0.29, 0.717) is 0 Å². The quantitative estimate of drug-likeness (QED) is 0.0714. The van der Waals surface area contributed by atoms with Crippen LogP contribution in [0, 0.1) is 5.92 Å². The third-order valence-corrected chi connectivity index (χ3v) is 21.5. The smallest absolute Gasteiger partial charge is 0.127 e. The Balaban J connectivity index is 0.697. The Hall–Kier alpha value is -13.9. The van der Waals surface area contributed by atoms with E-state index >= 15 is 0 Å². The van der Waals surface area contributed by atoms with Crippen molar-refractivity contribution < 1.29 is 18.9 Å². The summed E-state index contributed by atoms with van der Waals surface area (Å²) in [5, 5.41) is 0. The Bertz CT molecular complexity index is 5790. The average Bonchev–Trinajstić information content (AvgIpc) is 1.54. The van der Waals surface area contributed by atoms with Crippen LogP contribution in [0.4, 0.5) is 28.4 Å². The monoisotopic (exact) mass is 1390 g/mol. The first-order valence-corrected chi connectivity index (χ1v) is 36.7. The summed E-state index contributed by atoms with van der Waals surface area (Å²) in [6.07, 6.45) is 11.0. The molecule has 3 aliphatic rings. The zero-order valence-electron chi connectivity index (χ0n) is 59.4. The van der Waals surface area contributed by atoms with Gasteiger partial charge < -0.3 is 28.7 Å². The fourth-order valence-corrected chi connectivity index (χ4v) is 16.5. The molecule has 6 heteroatoms. The SMILES string of the molecule is C=Cc1ccc(Oc2ccc(C3(c4ccc(Oc5ccccc5)cc4)c4ccccc4-c4ccc(N(c5ccccc5)c5ccc(-c6ccc(N(C7=CC8C(C=C7)c7ccccc7C8(c7ccc(Oc8ccccc8)cc7)c7ccc(Oc8ccc(C=C)cc8)cc7)c7ccccc7)cc6)cc5)cc43)cc2)cc1. The third kappa shape index (κ3) is 12.2. The first-order chi connectivity index (χ1) is 53.4. The molecular weight excluding hydrogens is 1320 g/mol. The van der Waals surface area contributed by atoms with Crippen LogP contribution in [0.25, 0.3) is 34.4 Å². The summed E-state index contributed by atoms with van der Waals surface area (Å²) in [5.74, 6) is 6.15. The highest BCUT2D eigenvalue weighted by Gasteiger charge is 2.54. The lowest BCUT2D eigenvalue weighted by molar-refractivity contribution is 0.449. The molecule has 0 heterocycles. The van der Waals surface area contributed by atoms with Crippen molar-refractivity contribution in [3.8, 4) is 68.2 Å². The second-order valence-electron chi connectivity index (χ2n) is 27.5. The van der Waals surface area contributed by atoms with Gasteiger partial charge in [0.05, 0.1) is 10.8 Å². The predicted molar refractivity (Wildman–Crippen MR) is 441 cm³/mol. The second-order valence-corrected chi connectivity index (χ2v) is 27.5. The first-order valence-electron chi connectivity index (χ1n) is 36.7. The minimum absolute atomic E-state index is 0.0482. The number of ether oxygens (including phenoxy) is 4. The largest absolute Gasteiger partial charge is 0.457 e. The van der Waals surface area contributed by atoms with Crippen molar-refractivity contribution in [2.75, 3.05) is 9.80 Å². The highest BCUT2D eigenvalue weighted by Crippen LogP contribution is 2.62. The normalized spacial score (nSPS) is 16.3. The molecule has 15 aromatic rings. The van der Waals surface area contributed by atoms with E-state index in [2.05, 4.69) is 314 Å². The molecule has 4 unspecified atom stereocenters. The molecule has 0 spiro atoms. The van der Waals surface area contributed by atoms with Gasteiger partial charge >= 0.3 is 0 Å². The Kier molecular flexibility index (Phi) is 17.5. The van der Waals surface area contributed by atoms with Crippen LogP contribution < -0.4 is 28.7 Å². The molecule has 0 aliphatic heterocycles. The Labute approximate surface area is 631 Å². The highest BCUT2D eigenvalue weighted by atomic mass is 16.5. The number of hydrogen-bond acceptors (Lipinski definition) is 6. The standard InChI is InChI=1S/C102H74N2O4/c1-3-71-33-55-87(56-34-71)107-91-63-45-77(46-64-91)101(75-41-59-89(60-42-75)105-85-25-13-7-14-26-85)97-31-19-17-29-93(97)95-67-53-83(69-99(95)101)103(79-21-9-5-10-22-79)81-49-37-73(38-50-81)74-39-51-82(52-40-74)104(80-23-11-6-12-24-80)84-54-68-96-94-30-18-20-32-98(94)102(100(96)70-84,76-43-61-90(62-44-76)106-86-27-15-8-16-28-86)78-47-65-92(66-48-78)108-88-57-35-72(4-2)36-58-88/h3-70,95,99H,1-2H2. The van der Waals surface area contributed by atoms with Crippen LogP contribution in [-0.2, 0) is 10.8 Å². The van der Waals surface area contributed by atoms with Gasteiger partial charge in [0.15, 0.2) is 0 Å². The molecule has 516 valence electrons. The molecule has 0 saturated heterocycles. The summed E-state index contributed by atoms with van der Waals surface area (Å²) < 4.78 is 25.9. The van der Waals surface area contributed by atoms with Crippen molar-refractivity contribution in [1.82, 2.24) is 0 Å². The summed E-state index contributed by atoms with van der Waals surface area (Å²) in [6, 6.07) is 135. The lowest BCUT2D eigenvalue weighted by atomic mass is 9.63. The molecule has 0 aromatic heterocycles. The molecule has 108 heavy (non-hydrogen) atoms. The van der Waals surface area contributed by atoms with Crippen molar-refractivity contribution in [3.63, 3.8) is 0 Å². The summed E-state index contributed by atoms with van der Waals surface area (Å²) in [7, 11) is 0. The van der Waals surface area contributed by atoms with Crippen molar-refractivity contribution in [2.24, 2.45) is 5.92 Å². The number of rotatable bonds is 21. The zero-order chi connectivity index (χ0) is 72.4. The van der Waals surface area contributed by atoms with Crippen molar-refractivity contribution in [1.29, 1.82) is 0 Å². The zero-order valence-corrected chi connectivity index (χ0v) is 59.4. The fraction of sp³-hybridized carbons (Fsp3) is 0.0392. The molecule has 0 bridgehead atoms. The van der Waals surface area contributed by atoms with Crippen molar-refractivity contribution in [2.45, 2.75) is 16.7 Å². The average molecular weight is 1390 g/mol. The number of hydrogen-bond donors (Lipinski definition) is 0. The van der Waals surface area contributed by atoms with Gasteiger partial charge in [-0.1, -0.05) is 262 Å². The molecule has 15 aromatic carbocycles. The van der Waals surface area contributed by atoms with Crippen LogP contribution in [0.5, 0.6) is 46.0 Å². The molecule has 6 nitrogen and oxygen atoms in total. The second kappa shape index (κ2) is 28.6. The van der Waals surface area contributed by atoms with Crippen molar-refractivity contribution in [3.05, 3.63) is 475 Å². The lowest BCUT2D eigenvalue weighted by Gasteiger charge is -2.40. The minimum Gasteiger partial charge on any atom is -0.457 e. The van der Waals surface area contributed by atoms with Crippen LogP contribution in [0.1, 0.15) is 61.6 Å². The van der Waals surface area contributed by atoms with Gasteiger partial charge in [0, 0.05) is 46.0 Å². The van der Waals surface area contributed by atoms with E-state index < -0.39 is 10.8 Å². The number of anilines is 5. The first kappa shape index (κ1) is 66.0. The molecule has 4 atom stereocenters. The van der Waals surface area contributed by atoms with Crippen LogP contribution in [0.15, 0.2) is 419 Å². The van der Waals surface area contributed by atoms with E-state index in [4.69, 9.17) is 18.9 Å². The molecule has 0 radical (unpaired) electrons. The van der Waals surface area contributed by atoms with Gasteiger partial charge in [-0.25, -0.2) is 0 Å². The Morgan fingerprint density at radius 1 is 0.287 bits per heavy atom. The van der Waals surface area contributed by atoms with Gasteiger partial charge in [0.1, 0.15) is 46.0 Å². The van der Waals surface area contributed by atoms with Gasteiger partial charge in [-0.2, -0.15) is 0 Å². The van der Waals surface area contributed by atoms with Crippen LogP contribution in [0.2, 0.25) is 0 Å². The molecule has 0 saturated carbocycles. The van der Waals surface area contributed by atoms with E-state index in [1.54, 1.807) is 0 Å². The van der Waals surface area contributed by atoms with E-state index in [0.717, 1.165) is 119 Å². The summed E-state index contributed by atoms with van der Waals surface area (Å²) in [5.41, 5.74) is 21.0. The third-order valence-electron chi connectivity index (χ3n) is 21.5. The molecule has 0 N–H and O–H groups in total. The van der Waals surface area contributed by atoms with Crippen LogP contribution >= 0.6 is 0 Å². The number of para-hydroxylation sites is 4. The van der Waals surface area contributed by atoms with E-state index in [1.807, 2.05) is 121 Å². The van der Waals surface area contributed by atoms with Gasteiger partial charge in [0.25, 0.3) is 0 Å². The lowest BCUT2D eigenvalue weighted by Crippen LogP contribution is -2.36. The number of allylic oxidation sites excluding steroid dienone is 3. The molecule has 0 amide bonds. The molecular formula is C102H74N2O4.